The van der Waals surface area contributed by atoms with Crippen molar-refractivity contribution >= 4 is 17.7 Å². The molecule has 0 saturated carbocycles. The Bertz CT molecular complexity index is 683. The average molecular weight is 320 g/mol. The van der Waals surface area contributed by atoms with E-state index in [1.165, 1.54) is 13.2 Å². The standard InChI is InChI=1S/C16H14ClNO4/c1-21-15-4-2-3-13(9-10-18(19)20)16(15)22-11-12-5-7-14(17)8-6-12/h2-10H,11H2,1H3/b10-9-. The Morgan fingerprint density at radius 1 is 1.23 bits per heavy atom. The van der Waals surface area contributed by atoms with Crippen molar-refractivity contribution in [2.24, 2.45) is 0 Å². The minimum Gasteiger partial charge on any atom is -0.493 e. The summed E-state index contributed by atoms with van der Waals surface area (Å²) in [6.45, 7) is 0.302. The van der Waals surface area contributed by atoms with E-state index in [0.29, 0.717) is 28.7 Å². The summed E-state index contributed by atoms with van der Waals surface area (Å²) in [6.07, 6.45) is 2.24. The Kier molecular flexibility index (Phi) is 5.38. The lowest BCUT2D eigenvalue weighted by Gasteiger charge is -2.13. The normalized spacial score (nSPS) is 10.6. The largest absolute Gasteiger partial charge is 0.493 e. The van der Waals surface area contributed by atoms with Crippen molar-refractivity contribution in [3.8, 4) is 11.5 Å². The Hall–Kier alpha value is -2.53. The molecule has 5 nitrogen and oxygen atoms in total. The van der Waals surface area contributed by atoms with Crippen molar-refractivity contribution in [2.75, 3.05) is 7.11 Å². The van der Waals surface area contributed by atoms with Gasteiger partial charge in [0.15, 0.2) is 11.5 Å². The van der Waals surface area contributed by atoms with E-state index in [9.17, 15) is 10.1 Å². The van der Waals surface area contributed by atoms with Crippen LogP contribution in [0.25, 0.3) is 6.08 Å². The number of ether oxygens (including phenoxy) is 2. The van der Waals surface area contributed by atoms with Crippen LogP contribution in [0.5, 0.6) is 11.5 Å². The van der Waals surface area contributed by atoms with Gasteiger partial charge in [0.25, 0.3) is 0 Å². The number of nitrogens with zero attached hydrogens (tertiary/aromatic N) is 1. The van der Waals surface area contributed by atoms with E-state index >= 15 is 0 Å². The zero-order valence-electron chi connectivity index (χ0n) is 11.9. The molecule has 0 aliphatic rings. The highest BCUT2D eigenvalue weighted by Crippen LogP contribution is 2.32. The number of para-hydroxylation sites is 1. The van der Waals surface area contributed by atoms with Crippen molar-refractivity contribution in [1.29, 1.82) is 0 Å². The van der Waals surface area contributed by atoms with Gasteiger partial charge in [-0.25, -0.2) is 0 Å². The molecule has 0 heterocycles. The third kappa shape index (κ3) is 4.23. The molecular weight excluding hydrogens is 306 g/mol. The monoisotopic (exact) mass is 319 g/mol. The molecule has 0 spiro atoms. The average Bonchev–Trinajstić information content (AvgIpc) is 2.52. The second-order valence-electron chi connectivity index (χ2n) is 4.39. The molecule has 2 aromatic carbocycles. The SMILES string of the molecule is COc1cccc(/C=C\[N+](=O)[O-])c1OCc1ccc(Cl)cc1. The molecule has 22 heavy (non-hydrogen) atoms. The van der Waals surface area contributed by atoms with Crippen LogP contribution >= 0.6 is 11.6 Å². The summed E-state index contributed by atoms with van der Waals surface area (Å²) in [4.78, 5) is 9.96. The number of rotatable bonds is 6. The molecule has 0 N–H and O–H groups in total. The molecule has 2 rings (SSSR count). The quantitative estimate of drug-likeness (QED) is 0.592. The smallest absolute Gasteiger partial charge is 0.235 e. The summed E-state index contributed by atoms with van der Waals surface area (Å²) in [6, 6.07) is 12.5. The van der Waals surface area contributed by atoms with Crippen LogP contribution in [0.3, 0.4) is 0 Å². The Labute approximate surface area is 132 Å². The first-order chi connectivity index (χ1) is 10.6. The molecule has 2 aromatic rings. The van der Waals surface area contributed by atoms with Crippen molar-refractivity contribution in [2.45, 2.75) is 6.61 Å². The summed E-state index contributed by atoms with van der Waals surface area (Å²) in [5, 5.41) is 11.1. The third-order valence-corrected chi connectivity index (χ3v) is 3.15. The lowest BCUT2D eigenvalue weighted by Crippen LogP contribution is -1.99. The van der Waals surface area contributed by atoms with Crippen LogP contribution in [0.1, 0.15) is 11.1 Å². The van der Waals surface area contributed by atoms with Crippen LogP contribution in [0.4, 0.5) is 0 Å². The molecule has 0 aliphatic carbocycles. The fourth-order valence-corrected chi connectivity index (χ4v) is 1.98. The fraction of sp³-hybridized carbons (Fsp3) is 0.125. The molecule has 0 radical (unpaired) electrons. The highest BCUT2D eigenvalue weighted by molar-refractivity contribution is 6.30. The van der Waals surface area contributed by atoms with Gasteiger partial charge in [-0.1, -0.05) is 35.9 Å². The predicted molar refractivity (Wildman–Crippen MR) is 84.8 cm³/mol. The molecule has 0 saturated heterocycles. The third-order valence-electron chi connectivity index (χ3n) is 2.90. The molecule has 114 valence electrons. The maximum atomic E-state index is 10.5. The summed E-state index contributed by atoms with van der Waals surface area (Å²) in [7, 11) is 1.52. The minimum absolute atomic E-state index is 0.302. The number of hydrogen-bond donors (Lipinski definition) is 0. The number of hydrogen-bond acceptors (Lipinski definition) is 4. The van der Waals surface area contributed by atoms with Crippen molar-refractivity contribution < 1.29 is 14.4 Å². The van der Waals surface area contributed by atoms with Gasteiger partial charge in [0, 0.05) is 16.7 Å². The number of nitro groups is 1. The predicted octanol–water partition coefficient (Wildman–Crippen LogP) is 4.18. The second kappa shape index (κ2) is 7.47. The van der Waals surface area contributed by atoms with E-state index in [0.717, 1.165) is 11.8 Å². The number of methoxy groups -OCH3 is 1. The van der Waals surface area contributed by atoms with Gasteiger partial charge in [-0.3, -0.25) is 10.1 Å². The first kappa shape index (κ1) is 15.9. The highest BCUT2D eigenvalue weighted by Gasteiger charge is 2.10. The summed E-state index contributed by atoms with van der Waals surface area (Å²) < 4.78 is 11.0. The van der Waals surface area contributed by atoms with Gasteiger partial charge in [-0.15, -0.1) is 0 Å². The van der Waals surface area contributed by atoms with Gasteiger partial charge < -0.3 is 9.47 Å². The zero-order valence-corrected chi connectivity index (χ0v) is 12.6. The van der Waals surface area contributed by atoms with Crippen molar-refractivity contribution in [1.82, 2.24) is 0 Å². The number of benzene rings is 2. The van der Waals surface area contributed by atoms with Crippen LogP contribution in [0.15, 0.2) is 48.7 Å². The molecule has 0 aromatic heterocycles. The van der Waals surface area contributed by atoms with E-state index in [4.69, 9.17) is 21.1 Å². The molecule has 0 unspecified atom stereocenters. The first-order valence-corrected chi connectivity index (χ1v) is 6.84. The van der Waals surface area contributed by atoms with Crippen LogP contribution in [-0.4, -0.2) is 12.0 Å². The van der Waals surface area contributed by atoms with Gasteiger partial charge in [-0.05, 0) is 23.8 Å². The summed E-state index contributed by atoms with van der Waals surface area (Å²) in [5.41, 5.74) is 1.50. The zero-order chi connectivity index (χ0) is 15.9. The van der Waals surface area contributed by atoms with Crippen LogP contribution < -0.4 is 9.47 Å². The van der Waals surface area contributed by atoms with Crippen molar-refractivity contribution in [3.05, 3.63) is 74.9 Å². The topological polar surface area (TPSA) is 61.6 Å². The summed E-state index contributed by atoms with van der Waals surface area (Å²) in [5.74, 6) is 0.970. The Morgan fingerprint density at radius 2 is 1.95 bits per heavy atom. The maximum absolute atomic E-state index is 10.5. The molecule has 0 aliphatic heterocycles. The van der Waals surface area contributed by atoms with Gasteiger partial charge >= 0.3 is 0 Å². The Balaban J connectivity index is 2.23. The molecule has 6 heteroatoms. The van der Waals surface area contributed by atoms with Gasteiger partial charge in [0.05, 0.1) is 12.0 Å². The molecule has 0 atom stereocenters. The fourth-order valence-electron chi connectivity index (χ4n) is 1.86. The van der Waals surface area contributed by atoms with E-state index in [-0.39, 0.29) is 0 Å². The van der Waals surface area contributed by atoms with Crippen LogP contribution in [-0.2, 0) is 6.61 Å². The number of halogens is 1. The lowest BCUT2D eigenvalue weighted by molar-refractivity contribution is -0.400. The van der Waals surface area contributed by atoms with Gasteiger partial charge in [0.1, 0.15) is 6.61 Å². The van der Waals surface area contributed by atoms with Crippen LogP contribution in [0.2, 0.25) is 5.02 Å². The molecule has 0 amide bonds. The van der Waals surface area contributed by atoms with Crippen molar-refractivity contribution in [3.63, 3.8) is 0 Å². The lowest BCUT2D eigenvalue weighted by atomic mass is 10.1. The van der Waals surface area contributed by atoms with Gasteiger partial charge in [0.2, 0.25) is 6.20 Å². The van der Waals surface area contributed by atoms with E-state index in [1.807, 2.05) is 12.1 Å². The second-order valence-corrected chi connectivity index (χ2v) is 4.83. The minimum atomic E-state index is -0.525. The summed E-state index contributed by atoms with van der Waals surface area (Å²) >= 11 is 5.84. The first-order valence-electron chi connectivity index (χ1n) is 6.46. The van der Waals surface area contributed by atoms with E-state index in [2.05, 4.69) is 0 Å². The maximum Gasteiger partial charge on any atom is 0.235 e. The molecular formula is C16H14ClNO4. The molecule has 0 fully saturated rings. The Morgan fingerprint density at radius 3 is 2.59 bits per heavy atom. The van der Waals surface area contributed by atoms with E-state index in [1.54, 1.807) is 30.3 Å². The van der Waals surface area contributed by atoms with Crippen LogP contribution in [0, 0.1) is 10.1 Å². The highest BCUT2D eigenvalue weighted by atomic mass is 35.5. The van der Waals surface area contributed by atoms with Gasteiger partial charge in [-0.2, -0.15) is 0 Å². The molecule has 0 bridgehead atoms. The van der Waals surface area contributed by atoms with E-state index < -0.39 is 4.92 Å².